The number of benzene rings is 2. The Kier molecular flexibility index (Phi) is 35.5. The van der Waals surface area contributed by atoms with E-state index >= 15 is 0 Å². The lowest BCUT2D eigenvalue weighted by Gasteiger charge is -2.32. The fourth-order valence-electron chi connectivity index (χ4n) is 10.8. The van der Waals surface area contributed by atoms with Crippen molar-refractivity contribution in [3.05, 3.63) is 259 Å². The van der Waals surface area contributed by atoms with Gasteiger partial charge in [0.15, 0.2) is 4.60 Å². The van der Waals surface area contributed by atoms with Gasteiger partial charge in [-0.2, -0.15) is 0 Å². The van der Waals surface area contributed by atoms with E-state index in [0.29, 0.717) is 63.2 Å². The Morgan fingerprint density at radius 2 is 1.05 bits per heavy atom. The van der Waals surface area contributed by atoms with E-state index in [2.05, 4.69) is 71.1 Å². The summed E-state index contributed by atoms with van der Waals surface area (Å²) < 4.78 is 65.7. The van der Waals surface area contributed by atoms with Crippen molar-refractivity contribution in [3.8, 4) is 22.8 Å². The molecule has 118 heavy (non-hydrogen) atoms. The molecule has 0 bridgehead atoms. The van der Waals surface area contributed by atoms with E-state index in [9.17, 15) is 29.0 Å². The number of halogens is 7. The summed E-state index contributed by atoms with van der Waals surface area (Å²) in [6.07, 6.45) is 11.5. The molecular formula is C81H84BBrCl4F2N17O11P. The second-order valence-corrected chi connectivity index (χ2v) is 28.9. The minimum Gasteiger partial charge on any atom is -0.491 e. The van der Waals surface area contributed by atoms with Crippen LogP contribution in [0.1, 0.15) is 55.9 Å². The largest absolute Gasteiger partial charge is 0.496 e. The molecule has 0 aliphatic carbocycles. The van der Waals surface area contributed by atoms with Crippen LogP contribution in [0.4, 0.5) is 37.3 Å². The predicted molar refractivity (Wildman–Crippen MR) is 468 cm³/mol. The Hall–Kier alpha value is -10.9. The molecule has 1 aliphatic rings. The van der Waals surface area contributed by atoms with Gasteiger partial charge in [-0.05, 0) is 192 Å². The van der Waals surface area contributed by atoms with Gasteiger partial charge in [0, 0.05) is 120 Å². The van der Waals surface area contributed by atoms with Crippen LogP contribution in [0.25, 0.3) is 77.5 Å². The van der Waals surface area contributed by atoms with E-state index < -0.39 is 31.8 Å². The van der Waals surface area contributed by atoms with E-state index in [1.165, 1.54) is 42.9 Å². The van der Waals surface area contributed by atoms with Gasteiger partial charge in [-0.15, -0.1) is 0 Å². The molecule has 0 atom stereocenters. The zero-order chi connectivity index (χ0) is 84.2. The summed E-state index contributed by atoms with van der Waals surface area (Å²) in [6, 6.07) is 50.1. The number of hydrogen-bond acceptors (Lipinski definition) is 23. The van der Waals surface area contributed by atoms with Gasteiger partial charge in [-0.1, -0.05) is 72.0 Å². The zero-order valence-corrected chi connectivity index (χ0v) is 70.2. The van der Waals surface area contributed by atoms with Crippen molar-refractivity contribution in [3.63, 3.8) is 0 Å². The van der Waals surface area contributed by atoms with E-state index in [1.807, 2.05) is 157 Å². The maximum Gasteiger partial charge on any atom is 0.496 e. The smallest absolute Gasteiger partial charge is 0.491 e. The Balaban J connectivity index is 0.000000171. The molecule has 13 aromatic heterocycles. The number of anilines is 3. The summed E-state index contributed by atoms with van der Waals surface area (Å²) in [6.45, 7) is 15.0. The molecule has 0 radical (unpaired) electrons. The number of aromatic amines is 1. The Morgan fingerprint density at radius 1 is 0.559 bits per heavy atom. The van der Waals surface area contributed by atoms with Crippen LogP contribution < -0.4 is 26.0 Å². The van der Waals surface area contributed by atoms with Gasteiger partial charge in [-0.3, -0.25) is 35.2 Å². The van der Waals surface area contributed by atoms with Crippen LogP contribution in [0.15, 0.2) is 218 Å². The summed E-state index contributed by atoms with van der Waals surface area (Å²) in [5.41, 5.74) is 16.4. The van der Waals surface area contributed by atoms with Gasteiger partial charge in [0.1, 0.15) is 87.1 Å². The highest BCUT2D eigenvalue weighted by atomic mass is 79.9. The number of pyridine rings is 10. The quantitative estimate of drug-likeness (QED) is 0.0179. The molecule has 15 aromatic rings. The monoisotopic (exact) mass is 1770 g/mol. The third kappa shape index (κ3) is 25.6. The molecule has 1 saturated heterocycles. The van der Waals surface area contributed by atoms with Crippen LogP contribution in [0, 0.1) is 20.2 Å². The van der Waals surface area contributed by atoms with Gasteiger partial charge in [0.2, 0.25) is 0 Å². The normalized spacial score (nSPS) is 12.1. The van der Waals surface area contributed by atoms with Crippen molar-refractivity contribution in [2.24, 2.45) is 14.1 Å². The highest BCUT2D eigenvalue weighted by molar-refractivity contribution is 9.10. The van der Waals surface area contributed by atoms with Crippen molar-refractivity contribution >= 4 is 178 Å². The standard InChI is InChI=1S/C19H17FN4O.C11H15BClNO2.C11H8ClN3.C10H6ClN3O2.C10H6ClN3.C8H10FNO.C6H15O3P.C5H3BrN2O2.CH4/c1-24-16-6-3-10-21-18(16)15-7-8-17(23-19(15)24)22-13-4-2-5-14(12-13)25-11-9-20;1-10(2)11(3,4)16-12(15-10)8-5-6-9(13)14-7-8;1-15-8-3-2-6-13-10(8)7-4-5-9(12)14-11(7)15;11-9-4-3-7(6-13-9)10-8(14(15)16)2-1-5-12-10;11-8-4-3-6-9-7(2-1-5-12-9)13-10(6)14-8;9-4-5-11-8-3-1-2-7(10)6-8;1-4-7-10(8-5-2)9-6-3;6-5-4(8(9)10)2-1-3-7-5;/h2-8,10,12H,9,11H2,1H3,(H,22,23);5-7H,1-4H3;2-6H,1H3;1-6H;1-5H,(H,13,14);1-3,6H,4-5,10H2;4-6H2,1-3H3;1-3H;1H4. The number of nitrogens with two attached hydrogens (primary N) is 1. The van der Waals surface area contributed by atoms with Crippen LogP contribution in [0.5, 0.6) is 11.5 Å². The lowest BCUT2D eigenvalue weighted by atomic mass is 9.80. The second-order valence-electron chi connectivity index (χ2n) is 25.3. The lowest BCUT2D eigenvalue weighted by Crippen LogP contribution is -2.41. The average molecular weight is 1770 g/mol. The summed E-state index contributed by atoms with van der Waals surface area (Å²) in [7, 11) is 2.52. The maximum absolute atomic E-state index is 12.2. The highest BCUT2D eigenvalue weighted by Crippen LogP contribution is 2.40. The van der Waals surface area contributed by atoms with Crippen LogP contribution in [0.2, 0.25) is 20.6 Å². The lowest BCUT2D eigenvalue weighted by molar-refractivity contribution is -0.386. The molecule has 14 heterocycles. The zero-order valence-electron chi connectivity index (χ0n) is 64.7. The van der Waals surface area contributed by atoms with Gasteiger partial charge < -0.3 is 57.5 Å². The summed E-state index contributed by atoms with van der Waals surface area (Å²) in [4.78, 5) is 65.0. The van der Waals surface area contributed by atoms with Crippen molar-refractivity contribution in [1.29, 1.82) is 0 Å². The Bertz CT molecular complexity index is 5750. The molecule has 0 amide bonds. The van der Waals surface area contributed by atoms with Crippen LogP contribution in [0.3, 0.4) is 0 Å². The van der Waals surface area contributed by atoms with Gasteiger partial charge >= 0.3 is 21.4 Å². The topological polar surface area (TPSA) is 343 Å². The Morgan fingerprint density at radius 3 is 1.58 bits per heavy atom. The summed E-state index contributed by atoms with van der Waals surface area (Å²) in [5, 5.41) is 29.1. The van der Waals surface area contributed by atoms with Crippen LogP contribution in [-0.4, -0.2) is 139 Å². The molecule has 37 heteroatoms. The molecule has 4 N–H and O–H groups in total. The molecule has 616 valence electrons. The first-order valence-corrected chi connectivity index (χ1v) is 39.3. The molecule has 0 spiro atoms. The first-order valence-electron chi connectivity index (χ1n) is 35.9. The number of nitrogen functional groups attached to an aromatic ring is 1. The number of rotatable bonds is 18. The second kappa shape index (κ2) is 45.2. The third-order valence-electron chi connectivity index (χ3n) is 16.9. The number of aromatic nitrogens is 13. The first kappa shape index (κ1) is 92.6. The fourth-order valence-corrected chi connectivity index (χ4v) is 12.6. The molecule has 2 aromatic carbocycles. The number of nitrogens with zero attached hydrogens (tertiary/aromatic N) is 14. The third-order valence-corrected chi connectivity index (χ3v) is 19.8. The number of nitrogens with one attached hydrogen (secondary N) is 2. The predicted octanol–water partition coefficient (Wildman–Crippen LogP) is 20.8. The van der Waals surface area contributed by atoms with Crippen molar-refractivity contribution in [2.45, 2.75) is 67.1 Å². The van der Waals surface area contributed by atoms with Crippen molar-refractivity contribution in [2.75, 3.05) is 57.4 Å². The van der Waals surface area contributed by atoms with Crippen LogP contribution in [-0.2, 0) is 37.0 Å². The number of H-pyrrole nitrogens is 1. The number of hydrogen-bond donors (Lipinski definition) is 3. The number of alkyl halides is 2. The minimum absolute atomic E-state index is 0. The number of aryl methyl sites for hydroxylation is 2. The number of nitro groups is 2. The van der Waals surface area contributed by atoms with E-state index in [1.54, 1.807) is 85.5 Å². The maximum atomic E-state index is 12.2. The van der Waals surface area contributed by atoms with Gasteiger partial charge in [-0.25, -0.2) is 43.7 Å². The molecule has 28 nitrogen and oxygen atoms in total. The first-order chi connectivity index (χ1) is 56.3. The van der Waals surface area contributed by atoms with E-state index in [0.717, 1.165) is 83.2 Å². The van der Waals surface area contributed by atoms with Gasteiger partial charge in [0.05, 0.1) is 74.0 Å². The summed E-state index contributed by atoms with van der Waals surface area (Å²) in [5.74, 6) is 1.96. The van der Waals surface area contributed by atoms with Crippen LogP contribution >= 0.6 is 70.9 Å². The molecule has 16 rings (SSSR count). The van der Waals surface area contributed by atoms with Crippen molar-refractivity contribution < 1.29 is 51.0 Å². The number of fused-ring (bicyclic) bond motifs is 9. The van der Waals surface area contributed by atoms with E-state index in [-0.39, 0.29) is 60.6 Å². The van der Waals surface area contributed by atoms with Gasteiger partial charge in [0.25, 0.3) is 5.69 Å². The number of ether oxygens (including phenoxy) is 2. The molecule has 0 unspecified atom stereocenters. The minimum atomic E-state index is -1.06. The fraction of sp³-hybridized carbons (Fsp3) is 0.235. The molecular weight excluding hydrogens is 1690 g/mol. The molecule has 1 aliphatic heterocycles. The SMILES string of the molecule is C.CC1(C)OB(c2ccc(Cl)nc2)OC1(C)C.CCOP(OCC)OCC.Clc1ccc2c(n1)[nH]c1cccnc12.Cn1c2cccnc2c2ccc(Cl)nc21.Cn1c2cccnc2c2ccc(Nc3cccc(OCCF)c3)nc21.Nc1cccc(OCCF)c1.O=[N+]([O-])c1cccnc1-c1ccc(Cl)nc1.O=[N+]([O-])c1cccnc1Br. The molecule has 0 saturated carbocycles. The highest BCUT2D eigenvalue weighted by Gasteiger charge is 2.51. The Labute approximate surface area is 708 Å². The average Bonchev–Trinajstić information content (AvgIpc) is 1.60. The summed E-state index contributed by atoms with van der Waals surface area (Å²) >= 11 is 26.0. The van der Waals surface area contributed by atoms with E-state index in [4.69, 9.17) is 89.5 Å². The molecule has 1 fully saturated rings. The van der Waals surface area contributed by atoms with Crippen molar-refractivity contribution in [1.82, 2.24) is 64.0 Å².